The van der Waals surface area contributed by atoms with Crippen molar-refractivity contribution in [2.75, 3.05) is 0 Å². The molecule has 0 bridgehead atoms. The summed E-state index contributed by atoms with van der Waals surface area (Å²) in [5, 5.41) is 0. The topological polar surface area (TPSA) is 20.3 Å². The number of carbonyl (C=O) groups is 1. The first-order chi connectivity index (χ1) is 11.8. The summed E-state index contributed by atoms with van der Waals surface area (Å²) in [6.45, 7) is 0.655. The van der Waals surface area contributed by atoms with Crippen molar-refractivity contribution in [2.45, 2.75) is 18.5 Å². The maximum Gasteiger partial charge on any atom is 0.233 e. The van der Waals surface area contributed by atoms with Gasteiger partial charge in [-0.05, 0) is 16.7 Å². The first-order valence-corrected chi connectivity index (χ1v) is 8.29. The van der Waals surface area contributed by atoms with Gasteiger partial charge in [0.25, 0.3) is 0 Å². The average Bonchev–Trinajstić information content (AvgIpc) is 2.66. The lowest BCUT2D eigenvalue weighted by atomic mass is 9.77. The maximum atomic E-state index is 12.9. The van der Waals surface area contributed by atoms with Gasteiger partial charge < -0.3 is 4.90 Å². The molecule has 3 aromatic rings. The number of nitrogens with zero attached hydrogens (tertiary/aromatic N) is 1. The van der Waals surface area contributed by atoms with Crippen LogP contribution in [0, 0.1) is 0 Å². The molecule has 1 amide bonds. The molecule has 0 radical (unpaired) electrons. The molecule has 1 aliphatic rings. The predicted octanol–water partition coefficient (Wildman–Crippen LogP) is 4.55. The Hall–Kier alpha value is -2.87. The molecule has 2 atom stereocenters. The van der Waals surface area contributed by atoms with Crippen LogP contribution in [0.1, 0.15) is 28.7 Å². The molecule has 0 N–H and O–H groups in total. The van der Waals surface area contributed by atoms with Gasteiger partial charge in [0.2, 0.25) is 5.91 Å². The lowest BCUT2D eigenvalue weighted by molar-refractivity contribution is -0.151. The van der Waals surface area contributed by atoms with Gasteiger partial charge in [0.15, 0.2) is 0 Å². The summed E-state index contributed by atoms with van der Waals surface area (Å²) in [5.74, 6) is 0.121. The van der Waals surface area contributed by atoms with E-state index in [4.69, 9.17) is 0 Å². The van der Waals surface area contributed by atoms with E-state index < -0.39 is 0 Å². The van der Waals surface area contributed by atoms with Crippen LogP contribution >= 0.6 is 0 Å². The normalized spacial score (nSPS) is 19.8. The molecule has 3 aromatic carbocycles. The Bertz CT molecular complexity index is 814. The summed E-state index contributed by atoms with van der Waals surface area (Å²) in [6, 6.07) is 30.7. The molecule has 2 heteroatoms. The van der Waals surface area contributed by atoms with Gasteiger partial charge in [-0.1, -0.05) is 91.0 Å². The molecule has 24 heavy (non-hydrogen) atoms. The van der Waals surface area contributed by atoms with Crippen LogP contribution in [0.2, 0.25) is 0 Å². The number of hydrogen-bond acceptors (Lipinski definition) is 1. The molecule has 1 fully saturated rings. The molecule has 0 saturated carbocycles. The third kappa shape index (κ3) is 2.61. The van der Waals surface area contributed by atoms with Crippen LogP contribution in [0.5, 0.6) is 0 Å². The van der Waals surface area contributed by atoms with Gasteiger partial charge in [0, 0.05) is 6.54 Å². The van der Waals surface area contributed by atoms with Crippen LogP contribution in [0.3, 0.4) is 0 Å². The summed E-state index contributed by atoms with van der Waals surface area (Å²) in [5.41, 5.74) is 3.46. The van der Waals surface area contributed by atoms with Gasteiger partial charge in [-0.15, -0.1) is 0 Å². The fourth-order valence-electron chi connectivity index (χ4n) is 3.51. The van der Waals surface area contributed by atoms with Crippen molar-refractivity contribution in [3.8, 4) is 0 Å². The lowest BCUT2D eigenvalue weighted by Gasteiger charge is -2.48. The summed E-state index contributed by atoms with van der Waals surface area (Å²) in [4.78, 5) is 14.9. The molecule has 118 valence electrons. The smallest absolute Gasteiger partial charge is 0.233 e. The van der Waals surface area contributed by atoms with Crippen molar-refractivity contribution >= 4 is 5.91 Å². The molecule has 4 rings (SSSR count). The van der Waals surface area contributed by atoms with Crippen molar-refractivity contribution in [3.05, 3.63) is 108 Å². The van der Waals surface area contributed by atoms with Crippen LogP contribution in [0.25, 0.3) is 0 Å². The van der Waals surface area contributed by atoms with Gasteiger partial charge in [-0.2, -0.15) is 0 Å². The SMILES string of the molecule is O=C1[C@@H](c2ccccc2)[C@@H](c2ccccc2)N1Cc1ccccc1. The third-order valence-electron chi connectivity index (χ3n) is 4.70. The largest absolute Gasteiger partial charge is 0.330 e. The second kappa shape index (κ2) is 6.32. The standard InChI is InChI=1S/C22H19NO/c24-22-20(18-12-6-2-7-13-18)21(19-14-8-3-9-15-19)23(22)16-17-10-4-1-5-11-17/h1-15,20-21H,16H2/t20-,21+/m0/s1. The summed E-state index contributed by atoms with van der Waals surface area (Å²) < 4.78 is 0. The van der Waals surface area contributed by atoms with Crippen LogP contribution < -0.4 is 0 Å². The van der Waals surface area contributed by atoms with E-state index >= 15 is 0 Å². The quantitative estimate of drug-likeness (QED) is 0.647. The average molecular weight is 313 g/mol. The molecule has 0 spiro atoms. The Kier molecular flexibility index (Phi) is 3.87. The highest BCUT2D eigenvalue weighted by molar-refractivity contribution is 5.91. The molecule has 0 aliphatic carbocycles. The Morgan fingerprint density at radius 2 is 1.17 bits per heavy atom. The Labute approximate surface area is 142 Å². The van der Waals surface area contributed by atoms with Crippen molar-refractivity contribution in [1.29, 1.82) is 0 Å². The van der Waals surface area contributed by atoms with Crippen LogP contribution in [-0.2, 0) is 11.3 Å². The van der Waals surface area contributed by atoms with E-state index in [9.17, 15) is 4.79 Å². The minimum Gasteiger partial charge on any atom is -0.330 e. The lowest BCUT2D eigenvalue weighted by Crippen LogP contribution is -2.52. The second-order valence-corrected chi connectivity index (χ2v) is 6.20. The summed E-state index contributed by atoms with van der Waals surface area (Å²) in [6.07, 6.45) is 0. The van der Waals surface area contributed by atoms with E-state index in [0.717, 1.165) is 5.56 Å². The van der Waals surface area contributed by atoms with Crippen LogP contribution in [0.4, 0.5) is 0 Å². The minimum atomic E-state index is -0.0858. The maximum absolute atomic E-state index is 12.9. The molecular weight excluding hydrogens is 294 g/mol. The molecule has 1 saturated heterocycles. The second-order valence-electron chi connectivity index (χ2n) is 6.20. The Balaban J connectivity index is 1.68. The van der Waals surface area contributed by atoms with Gasteiger partial charge in [-0.25, -0.2) is 0 Å². The van der Waals surface area contributed by atoms with Gasteiger partial charge in [0.1, 0.15) is 0 Å². The van der Waals surface area contributed by atoms with E-state index in [1.165, 1.54) is 11.1 Å². The van der Waals surface area contributed by atoms with Crippen molar-refractivity contribution in [1.82, 2.24) is 4.90 Å². The zero-order chi connectivity index (χ0) is 16.4. The van der Waals surface area contributed by atoms with E-state index in [2.05, 4.69) is 36.4 Å². The number of likely N-dealkylation sites (tertiary alicyclic amines) is 1. The highest BCUT2D eigenvalue weighted by Gasteiger charge is 2.48. The number of rotatable bonds is 4. The molecule has 0 aromatic heterocycles. The molecule has 1 heterocycles. The minimum absolute atomic E-state index is 0.0858. The number of hydrogen-bond donors (Lipinski definition) is 0. The number of amides is 1. The Morgan fingerprint density at radius 1 is 0.667 bits per heavy atom. The van der Waals surface area contributed by atoms with Crippen LogP contribution in [0.15, 0.2) is 91.0 Å². The van der Waals surface area contributed by atoms with Gasteiger partial charge >= 0.3 is 0 Å². The van der Waals surface area contributed by atoms with Crippen molar-refractivity contribution < 1.29 is 4.79 Å². The van der Waals surface area contributed by atoms with E-state index in [-0.39, 0.29) is 17.9 Å². The van der Waals surface area contributed by atoms with E-state index in [0.29, 0.717) is 6.54 Å². The van der Waals surface area contributed by atoms with Gasteiger partial charge in [-0.3, -0.25) is 4.79 Å². The molecule has 0 unspecified atom stereocenters. The number of β-lactam (4-membered cyclic amide) rings is 1. The van der Waals surface area contributed by atoms with Crippen molar-refractivity contribution in [2.24, 2.45) is 0 Å². The molecule has 2 nitrogen and oxygen atoms in total. The van der Waals surface area contributed by atoms with E-state index in [1.54, 1.807) is 0 Å². The Morgan fingerprint density at radius 3 is 1.75 bits per heavy atom. The van der Waals surface area contributed by atoms with E-state index in [1.807, 2.05) is 59.5 Å². The third-order valence-corrected chi connectivity index (χ3v) is 4.70. The molecule has 1 aliphatic heterocycles. The fraction of sp³-hybridized carbons (Fsp3) is 0.136. The monoisotopic (exact) mass is 313 g/mol. The highest BCUT2D eigenvalue weighted by Crippen LogP contribution is 2.47. The number of benzene rings is 3. The first-order valence-electron chi connectivity index (χ1n) is 8.29. The molecular formula is C22H19NO. The highest BCUT2D eigenvalue weighted by atomic mass is 16.2. The van der Waals surface area contributed by atoms with Crippen LogP contribution in [-0.4, -0.2) is 10.8 Å². The fourth-order valence-corrected chi connectivity index (χ4v) is 3.51. The number of carbonyl (C=O) groups excluding carboxylic acids is 1. The van der Waals surface area contributed by atoms with Gasteiger partial charge in [0.05, 0.1) is 12.0 Å². The zero-order valence-corrected chi connectivity index (χ0v) is 13.4. The summed E-state index contributed by atoms with van der Waals surface area (Å²) in [7, 11) is 0. The predicted molar refractivity (Wildman–Crippen MR) is 95.4 cm³/mol. The first kappa shape index (κ1) is 14.7. The summed E-state index contributed by atoms with van der Waals surface area (Å²) >= 11 is 0. The van der Waals surface area contributed by atoms with Crippen molar-refractivity contribution in [3.63, 3.8) is 0 Å². The zero-order valence-electron chi connectivity index (χ0n) is 13.4.